The predicted octanol–water partition coefficient (Wildman–Crippen LogP) is 1.29. The molecule has 0 spiro atoms. The first kappa shape index (κ1) is 20.1. The van der Waals surface area contributed by atoms with Gasteiger partial charge in [0.05, 0.1) is 22.5 Å². The molecule has 4 bridgehead atoms. The number of hydrogen-bond donors (Lipinski definition) is 1. The second kappa shape index (κ2) is 6.97. The van der Waals surface area contributed by atoms with E-state index in [-0.39, 0.29) is 36.0 Å². The summed E-state index contributed by atoms with van der Waals surface area (Å²) in [6, 6.07) is -0.323. The molecule has 0 aromatic heterocycles. The Morgan fingerprint density at radius 2 is 1.86 bits per heavy atom. The molecule has 1 heterocycles. The molecule has 8 heteroatoms. The Balaban J connectivity index is 1.39. The summed E-state index contributed by atoms with van der Waals surface area (Å²) in [6.45, 7) is 2.06. The molecule has 3 atom stereocenters. The van der Waals surface area contributed by atoms with Crippen molar-refractivity contribution >= 4 is 21.7 Å². The van der Waals surface area contributed by atoms with Crippen LogP contribution in [0.1, 0.15) is 58.3 Å². The van der Waals surface area contributed by atoms with E-state index in [0.29, 0.717) is 31.2 Å². The molecule has 1 N–H and O–H groups in total. The monoisotopic (exact) mass is 413 g/mol. The maximum Gasteiger partial charge on any atom is 0.312 e. The van der Waals surface area contributed by atoms with Gasteiger partial charge in [0.25, 0.3) is 5.91 Å². The normalized spacial score (nSPS) is 40.4. The van der Waals surface area contributed by atoms with Gasteiger partial charge in [-0.25, -0.2) is 8.42 Å². The third kappa shape index (κ3) is 3.70. The van der Waals surface area contributed by atoms with Crippen molar-refractivity contribution in [1.82, 2.24) is 4.90 Å². The third-order valence-electron chi connectivity index (χ3n) is 7.22. The first-order valence-corrected chi connectivity index (χ1v) is 12.4. The van der Waals surface area contributed by atoms with E-state index in [2.05, 4.69) is 0 Å². The van der Waals surface area contributed by atoms with E-state index in [1.807, 2.05) is 6.92 Å². The highest BCUT2D eigenvalue weighted by Crippen LogP contribution is 2.61. The van der Waals surface area contributed by atoms with Crippen molar-refractivity contribution in [3.05, 3.63) is 0 Å². The van der Waals surface area contributed by atoms with E-state index >= 15 is 0 Å². The highest BCUT2D eigenvalue weighted by atomic mass is 32.2. The number of amides is 1. The number of nitrogens with zero attached hydrogens (tertiary/aromatic N) is 1. The molecule has 158 valence electrons. The van der Waals surface area contributed by atoms with Crippen LogP contribution in [0.2, 0.25) is 0 Å². The molecule has 4 aliphatic carbocycles. The average Bonchev–Trinajstić information content (AvgIpc) is 2.94. The lowest BCUT2D eigenvalue weighted by Gasteiger charge is -2.58. The zero-order valence-electron chi connectivity index (χ0n) is 16.6. The number of carbonyl (C=O) groups is 2. The fourth-order valence-electron chi connectivity index (χ4n) is 6.59. The van der Waals surface area contributed by atoms with E-state index in [0.717, 1.165) is 38.5 Å². The number of aliphatic hydroxyl groups is 1. The first-order valence-electron chi connectivity index (χ1n) is 10.5. The van der Waals surface area contributed by atoms with Crippen LogP contribution in [0.5, 0.6) is 0 Å². The zero-order chi connectivity index (χ0) is 20.2. The molecular weight excluding hydrogens is 382 g/mol. The van der Waals surface area contributed by atoms with Gasteiger partial charge in [0.15, 0.2) is 16.4 Å². The second-order valence-electron chi connectivity index (χ2n) is 9.69. The molecule has 1 aliphatic heterocycles. The van der Waals surface area contributed by atoms with Crippen LogP contribution < -0.4 is 0 Å². The average molecular weight is 414 g/mol. The molecule has 0 unspecified atom stereocenters. The lowest BCUT2D eigenvalue weighted by Crippen LogP contribution is -2.58. The lowest BCUT2D eigenvalue weighted by molar-refractivity contribution is -0.197. The minimum Gasteiger partial charge on any atom is -0.455 e. The zero-order valence-corrected chi connectivity index (χ0v) is 17.4. The van der Waals surface area contributed by atoms with Crippen LogP contribution in [0.3, 0.4) is 0 Å². The van der Waals surface area contributed by atoms with Crippen LogP contribution >= 0.6 is 0 Å². The topological polar surface area (TPSA) is 101 Å². The quantitative estimate of drug-likeness (QED) is 0.659. The summed E-state index contributed by atoms with van der Waals surface area (Å²) in [5.74, 6) is 0.164. The van der Waals surface area contributed by atoms with Crippen LogP contribution in [-0.4, -0.2) is 66.6 Å². The summed E-state index contributed by atoms with van der Waals surface area (Å²) in [7, 11) is -3.09. The second-order valence-corrected chi connectivity index (χ2v) is 11.9. The smallest absolute Gasteiger partial charge is 0.312 e. The Labute approximate surface area is 166 Å². The van der Waals surface area contributed by atoms with E-state index < -0.39 is 20.9 Å². The first-order chi connectivity index (χ1) is 13.1. The summed E-state index contributed by atoms with van der Waals surface area (Å²) in [5, 5.41) is 10.8. The van der Waals surface area contributed by atoms with E-state index in [1.165, 1.54) is 0 Å². The van der Waals surface area contributed by atoms with Gasteiger partial charge in [-0.15, -0.1) is 0 Å². The van der Waals surface area contributed by atoms with Gasteiger partial charge in [0.1, 0.15) is 0 Å². The molecule has 7 nitrogen and oxygen atoms in total. The van der Waals surface area contributed by atoms with E-state index in [9.17, 15) is 23.1 Å². The van der Waals surface area contributed by atoms with Crippen molar-refractivity contribution in [3.8, 4) is 0 Å². The van der Waals surface area contributed by atoms with Gasteiger partial charge >= 0.3 is 5.97 Å². The molecule has 1 saturated heterocycles. The van der Waals surface area contributed by atoms with Crippen molar-refractivity contribution in [1.29, 1.82) is 0 Å². The fourth-order valence-corrected chi connectivity index (χ4v) is 8.32. The highest BCUT2D eigenvalue weighted by molar-refractivity contribution is 7.91. The van der Waals surface area contributed by atoms with Crippen molar-refractivity contribution in [3.63, 3.8) is 0 Å². The van der Waals surface area contributed by atoms with Crippen LogP contribution in [0.4, 0.5) is 0 Å². The van der Waals surface area contributed by atoms with Crippen LogP contribution in [-0.2, 0) is 24.2 Å². The molecule has 4 saturated carbocycles. The summed E-state index contributed by atoms with van der Waals surface area (Å²) in [6.07, 6.45) is 5.74. The van der Waals surface area contributed by atoms with Gasteiger partial charge in [-0.05, 0) is 63.2 Å². The molecular formula is C20H31NO6S. The Morgan fingerprint density at radius 3 is 2.39 bits per heavy atom. The fraction of sp³-hybridized carbons (Fsp3) is 0.900. The van der Waals surface area contributed by atoms with Crippen molar-refractivity contribution in [2.45, 2.75) is 69.9 Å². The number of hydrogen-bond acceptors (Lipinski definition) is 6. The van der Waals surface area contributed by atoms with Crippen LogP contribution in [0, 0.1) is 17.3 Å². The summed E-state index contributed by atoms with van der Waals surface area (Å²) in [4.78, 5) is 27.3. The lowest BCUT2D eigenvalue weighted by atomic mass is 9.48. The maximum absolute atomic E-state index is 12.9. The van der Waals surface area contributed by atoms with E-state index in [4.69, 9.17) is 4.74 Å². The number of rotatable bonds is 6. The van der Waals surface area contributed by atoms with Gasteiger partial charge in [0.2, 0.25) is 0 Å². The number of sulfone groups is 1. The van der Waals surface area contributed by atoms with Gasteiger partial charge in [-0.1, -0.05) is 6.92 Å². The number of ether oxygens (including phenoxy) is 1. The molecule has 0 aromatic rings. The summed E-state index contributed by atoms with van der Waals surface area (Å²) >= 11 is 0. The molecule has 1 amide bonds. The highest BCUT2D eigenvalue weighted by Gasteiger charge is 2.61. The third-order valence-corrected chi connectivity index (χ3v) is 8.97. The van der Waals surface area contributed by atoms with Gasteiger partial charge < -0.3 is 14.7 Å². The number of esters is 1. The van der Waals surface area contributed by atoms with Gasteiger partial charge in [0, 0.05) is 12.6 Å². The Hall–Kier alpha value is -1.15. The molecule has 5 rings (SSSR count). The summed E-state index contributed by atoms with van der Waals surface area (Å²) < 4.78 is 29.0. The Morgan fingerprint density at radius 1 is 1.18 bits per heavy atom. The van der Waals surface area contributed by atoms with Gasteiger partial charge in [-0.3, -0.25) is 9.59 Å². The standard InChI is InChI=1S/C20H31NO6S/c1-2-4-21(16-3-5-28(25,26)12-16)17(22)11-27-18(23)19-7-14-6-15(8-19)10-20(24,9-14)13-19/h14-16,24H,2-13H2,1H3/t14-,15-,16-,19?,20?/m1/s1. The molecule has 0 aromatic carbocycles. The summed E-state index contributed by atoms with van der Waals surface area (Å²) in [5.41, 5.74) is -1.40. The van der Waals surface area contributed by atoms with Crippen molar-refractivity contribution in [2.24, 2.45) is 17.3 Å². The van der Waals surface area contributed by atoms with Crippen molar-refractivity contribution < 1.29 is 27.9 Å². The predicted molar refractivity (Wildman–Crippen MR) is 102 cm³/mol. The van der Waals surface area contributed by atoms with Crippen LogP contribution in [0.25, 0.3) is 0 Å². The minimum absolute atomic E-state index is 0.00693. The van der Waals surface area contributed by atoms with Crippen molar-refractivity contribution in [2.75, 3.05) is 24.7 Å². The molecule has 5 aliphatic rings. The maximum atomic E-state index is 12.9. The molecule has 0 radical (unpaired) electrons. The number of carbonyl (C=O) groups excluding carboxylic acids is 2. The Kier molecular flexibility index (Phi) is 5.01. The minimum atomic E-state index is -3.09. The van der Waals surface area contributed by atoms with E-state index in [1.54, 1.807) is 4.90 Å². The SMILES string of the molecule is CCCN(C(=O)COC(=O)C12C[C@H]3C[C@@H](CC(O)(C3)C1)C2)[C@@H]1CCS(=O)(=O)C1. The van der Waals surface area contributed by atoms with Crippen LogP contribution in [0.15, 0.2) is 0 Å². The largest absolute Gasteiger partial charge is 0.455 e. The van der Waals surface area contributed by atoms with Gasteiger partial charge in [-0.2, -0.15) is 0 Å². The molecule has 5 fully saturated rings. The Bertz CT molecular complexity index is 749. The molecule has 28 heavy (non-hydrogen) atoms.